The van der Waals surface area contributed by atoms with Gasteiger partial charge in [-0.1, -0.05) is 123 Å². The van der Waals surface area contributed by atoms with E-state index >= 15 is 0 Å². The largest absolute Gasteiger partial charge is 0.679 e. The Bertz CT molecular complexity index is 1180. The van der Waals surface area contributed by atoms with Crippen molar-refractivity contribution in [2.24, 2.45) is 17.3 Å². The molecule has 0 saturated carbocycles. The van der Waals surface area contributed by atoms with Gasteiger partial charge in [0.15, 0.2) is 0 Å². The van der Waals surface area contributed by atoms with E-state index in [0.29, 0.717) is 58.1 Å². The molecule has 3 aromatic rings. The highest BCUT2D eigenvalue weighted by molar-refractivity contribution is 6.53. The van der Waals surface area contributed by atoms with Crippen molar-refractivity contribution in [2.75, 3.05) is 46.2 Å². The molecule has 3 aromatic carbocycles. The minimum atomic E-state index is -3.60. The normalized spacial score (nSPS) is 16.6. The summed E-state index contributed by atoms with van der Waals surface area (Å²) in [5.74, 6) is 0.957. The summed E-state index contributed by atoms with van der Waals surface area (Å²) in [5.41, 5.74) is 5.08. The Morgan fingerprint density at radius 1 is 0.625 bits per heavy atom. The Hall–Kier alpha value is -2.66. The molecule has 1 aliphatic rings. The van der Waals surface area contributed by atoms with Gasteiger partial charge in [-0.05, 0) is 60.1 Å². The first-order valence-corrected chi connectivity index (χ1v) is 19.1. The molecule has 0 bridgehead atoms. The van der Waals surface area contributed by atoms with Crippen molar-refractivity contribution in [3.63, 3.8) is 0 Å². The molecule has 4 rings (SSSR count). The van der Waals surface area contributed by atoms with Crippen molar-refractivity contribution >= 4 is 9.05 Å². The van der Waals surface area contributed by atoms with Crippen LogP contribution in [0.3, 0.4) is 0 Å². The summed E-state index contributed by atoms with van der Waals surface area (Å²) in [5, 5.41) is 0. The molecule has 0 radical (unpaired) electrons. The Morgan fingerprint density at radius 3 is 1.42 bits per heavy atom. The van der Waals surface area contributed by atoms with Gasteiger partial charge in [0.2, 0.25) is 0 Å². The lowest BCUT2D eigenvalue weighted by Crippen LogP contribution is -2.51. The van der Waals surface area contributed by atoms with E-state index in [-0.39, 0.29) is 25.2 Å². The lowest BCUT2D eigenvalue weighted by atomic mass is 9.75. The van der Waals surface area contributed by atoms with Crippen LogP contribution in [-0.4, -0.2) is 55.3 Å². The number of benzene rings is 3. The second-order valence-corrected chi connectivity index (χ2v) is 15.3. The minimum absolute atomic E-state index is 0.244. The minimum Gasteiger partial charge on any atom is -0.374 e. The van der Waals surface area contributed by atoms with Crippen LogP contribution in [0.5, 0.6) is 0 Å². The van der Waals surface area contributed by atoms with Crippen molar-refractivity contribution in [3.05, 3.63) is 119 Å². The molecule has 8 heteroatoms. The molecule has 0 fully saturated rings. The van der Waals surface area contributed by atoms with E-state index in [2.05, 4.69) is 33.8 Å². The lowest BCUT2D eigenvalue weighted by Gasteiger charge is -2.31. The molecule has 0 amide bonds. The first-order valence-electron chi connectivity index (χ1n) is 17.4. The van der Waals surface area contributed by atoms with Crippen LogP contribution >= 0.6 is 0 Å². The summed E-state index contributed by atoms with van der Waals surface area (Å²) in [6.45, 7) is 13.2. The van der Waals surface area contributed by atoms with Crippen LogP contribution in [0.4, 0.5) is 0 Å². The van der Waals surface area contributed by atoms with Gasteiger partial charge in [-0.3, -0.25) is 0 Å². The molecule has 0 aliphatic heterocycles. The topological polar surface area (TPSA) is 64.6 Å². The van der Waals surface area contributed by atoms with E-state index in [9.17, 15) is 0 Å². The molecule has 7 nitrogen and oxygen atoms in total. The van der Waals surface area contributed by atoms with E-state index in [0.717, 1.165) is 36.0 Å². The Kier molecular flexibility index (Phi) is 16.5. The summed E-state index contributed by atoms with van der Waals surface area (Å²) >= 11 is 0. The van der Waals surface area contributed by atoms with Crippen molar-refractivity contribution < 1.29 is 31.9 Å². The average Bonchev–Trinajstić information content (AvgIpc) is 3.37. The third-order valence-corrected chi connectivity index (χ3v) is 11.3. The van der Waals surface area contributed by atoms with Gasteiger partial charge >= 0.3 is 9.05 Å². The van der Waals surface area contributed by atoms with Gasteiger partial charge in [0.1, 0.15) is 0 Å². The highest BCUT2D eigenvalue weighted by atomic mass is 28.4. The lowest BCUT2D eigenvalue weighted by molar-refractivity contribution is -0.0687. The maximum atomic E-state index is 6.57. The van der Waals surface area contributed by atoms with E-state index in [1.54, 1.807) is 0 Å². The molecule has 0 spiro atoms. The highest BCUT2D eigenvalue weighted by Gasteiger charge is 2.46. The predicted octanol–water partition coefficient (Wildman–Crippen LogP) is 8.55. The van der Waals surface area contributed by atoms with Crippen molar-refractivity contribution in [1.82, 2.24) is 0 Å². The molecule has 0 heterocycles. The first kappa shape index (κ1) is 38.1. The fourth-order valence-electron chi connectivity index (χ4n) is 5.71. The van der Waals surface area contributed by atoms with Crippen LogP contribution in [0.25, 0.3) is 0 Å². The molecule has 2 unspecified atom stereocenters. The number of ether oxygens (including phenoxy) is 3. The first-order chi connectivity index (χ1) is 23.4. The average molecular weight is 677 g/mol. The Labute approximate surface area is 290 Å². The second kappa shape index (κ2) is 20.8. The fraction of sp³-hybridized carbons (Fsp3) is 0.500. The SMILES string of the molecule is CC1=CCC(CCC(C)CO[Si](OCCOCc2ccccc2)(OCCOCc2ccccc2)OCCOCc2ccccc2)C1(C)C. The molecular formula is C40H56O7Si. The molecule has 48 heavy (non-hydrogen) atoms. The molecule has 262 valence electrons. The summed E-state index contributed by atoms with van der Waals surface area (Å²) in [6.07, 6.45) is 5.75. The van der Waals surface area contributed by atoms with E-state index in [1.807, 2.05) is 91.0 Å². The number of hydrogen-bond donors (Lipinski definition) is 0. The number of hydrogen-bond acceptors (Lipinski definition) is 7. The summed E-state index contributed by atoms with van der Waals surface area (Å²) < 4.78 is 43.5. The predicted molar refractivity (Wildman–Crippen MR) is 192 cm³/mol. The van der Waals surface area contributed by atoms with Crippen LogP contribution in [0.2, 0.25) is 0 Å². The Balaban J connectivity index is 1.34. The summed E-state index contributed by atoms with van der Waals surface area (Å²) in [7, 11) is -3.60. The smallest absolute Gasteiger partial charge is 0.374 e. The van der Waals surface area contributed by atoms with Crippen LogP contribution in [-0.2, 0) is 51.7 Å². The molecular weight excluding hydrogens is 621 g/mol. The molecule has 0 aromatic heterocycles. The van der Waals surface area contributed by atoms with Crippen molar-refractivity contribution in [3.8, 4) is 0 Å². The van der Waals surface area contributed by atoms with Gasteiger partial charge < -0.3 is 31.9 Å². The summed E-state index contributed by atoms with van der Waals surface area (Å²) in [4.78, 5) is 0. The number of rotatable bonds is 24. The standard InChI is InChI=1S/C40H56O7Si/c1-34(20-22-39-23-21-35(2)40(39,3)4)30-47-48(44-27-24-41-31-36-14-8-5-9-15-36,45-28-25-42-32-37-16-10-6-11-17-37)46-29-26-43-33-38-18-12-7-13-19-38/h5-19,21,34,39H,20,22-33H2,1-4H3. The van der Waals surface area contributed by atoms with Gasteiger partial charge in [-0.2, -0.15) is 0 Å². The second-order valence-electron chi connectivity index (χ2n) is 13.2. The number of allylic oxidation sites excluding steroid dienone is 2. The fourth-order valence-corrected chi connectivity index (χ4v) is 7.70. The van der Waals surface area contributed by atoms with Gasteiger partial charge in [-0.25, -0.2) is 0 Å². The van der Waals surface area contributed by atoms with Crippen molar-refractivity contribution in [1.29, 1.82) is 0 Å². The monoisotopic (exact) mass is 676 g/mol. The van der Waals surface area contributed by atoms with Crippen molar-refractivity contribution in [2.45, 2.75) is 66.8 Å². The molecule has 2 atom stereocenters. The van der Waals surface area contributed by atoms with Crippen LogP contribution in [0.15, 0.2) is 103 Å². The molecule has 1 aliphatic carbocycles. The maximum absolute atomic E-state index is 6.57. The maximum Gasteiger partial charge on any atom is 0.679 e. The third-order valence-electron chi connectivity index (χ3n) is 9.15. The highest BCUT2D eigenvalue weighted by Crippen LogP contribution is 2.45. The van der Waals surface area contributed by atoms with Gasteiger partial charge in [0.05, 0.1) is 59.5 Å². The third kappa shape index (κ3) is 13.3. The van der Waals surface area contributed by atoms with Gasteiger partial charge in [0.25, 0.3) is 0 Å². The molecule has 0 N–H and O–H groups in total. The quantitative estimate of drug-likeness (QED) is 0.0535. The zero-order valence-corrected chi connectivity index (χ0v) is 30.4. The van der Waals surface area contributed by atoms with E-state index in [4.69, 9.17) is 31.9 Å². The zero-order valence-electron chi connectivity index (χ0n) is 29.4. The van der Waals surface area contributed by atoms with E-state index < -0.39 is 9.05 Å². The van der Waals surface area contributed by atoms with E-state index in [1.165, 1.54) is 5.57 Å². The summed E-state index contributed by atoms with van der Waals surface area (Å²) in [6, 6.07) is 30.3. The molecule has 0 saturated heterocycles. The van der Waals surface area contributed by atoms with Gasteiger partial charge in [0, 0.05) is 6.61 Å². The van der Waals surface area contributed by atoms with Crippen LogP contribution in [0, 0.1) is 17.3 Å². The van der Waals surface area contributed by atoms with Gasteiger partial charge in [-0.15, -0.1) is 0 Å². The Morgan fingerprint density at radius 2 is 1.04 bits per heavy atom. The van der Waals surface area contributed by atoms with Crippen LogP contribution < -0.4 is 0 Å². The van der Waals surface area contributed by atoms with Crippen LogP contribution in [0.1, 0.15) is 63.6 Å². The zero-order chi connectivity index (χ0) is 33.9.